The molecular formula is C17H26O5. The van der Waals surface area contributed by atoms with Gasteiger partial charge >= 0.3 is 11.9 Å². The van der Waals surface area contributed by atoms with Crippen molar-refractivity contribution in [3.05, 3.63) is 11.5 Å². The highest BCUT2D eigenvalue weighted by Crippen LogP contribution is 2.38. The lowest BCUT2D eigenvalue weighted by Gasteiger charge is -2.07. The van der Waals surface area contributed by atoms with E-state index in [2.05, 4.69) is 0 Å². The van der Waals surface area contributed by atoms with E-state index in [0.717, 1.165) is 25.7 Å². The molecule has 1 aromatic heterocycles. The lowest BCUT2D eigenvalue weighted by atomic mass is 10.2. The largest absolute Gasteiger partial charge is 0.458 e. The van der Waals surface area contributed by atoms with Gasteiger partial charge in [-0.05, 0) is 19.8 Å². The molecule has 124 valence electrons. The quantitative estimate of drug-likeness (QED) is 0.635. The molecule has 0 unspecified atom stereocenters. The second kappa shape index (κ2) is 9.28. The molecule has 0 N–H and O–H groups in total. The standard InChI is InChI=1S/C17H26O5/c1-5-8-10-14(18)21-16-12(4)20-13(7-3)17(16)22-15(19)11-9-6-2/h5-11H2,1-4H3. The van der Waals surface area contributed by atoms with Gasteiger partial charge in [0.05, 0.1) is 0 Å². The highest BCUT2D eigenvalue weighted by atomic mass is 16.6. The molecule has 0 aliphatic rings. The van der Waals surface area contributed by atoms with Crippen molar-refractivity contribution >= 4 is 11.9 Å². The van der Waals surface area contributed by atoms with E-state index in [1.807, 2.05) is 20.8 Å². The first-order valence-electron chi connectivity index (χ1n) is 8.06. The van der Waals surface area contributed by atoms with Gasteiger partial charge in [0.1, 0.15) is 5.76 Å². The molecule has 1 rings (SSSR count). The van der Waals surface area contributed by atoms with Crippen molar-refractivity contribution in [1.29, 1.82) is 0 Å². The van der Waals surface area contributed by atoms with Crippen LogP contribution in [0.4, 0.5) is 0 Å². The van der Waals surface area contributed by atoms with E-state index >= 15 is 0 Å². The van der Waals surface area contributed by atoms with Crippen LogP contribution in [0.3, 0.4) is 0 Å². The predicted molar refractivity (Wildman–Crippen MR) is 83.1 cm³/mol. The van der Waals surface area contributed by atoms with E-state index in [0.29, 0.717) is 30.8 Å². The molecule has 0 aromatic carbocycles. The van der Waals surface area contributed by atoms with Crippen LogP contribution in [0.15, 0.2) is 4.42 Å². The molecule has 5 heteroatoms. The Kier molecular flexibility index (Phi) is 7.71. The number of ether oxygens (including phenoxy) is 2. The molecule has 0 radical (unpaired) electrons. The lowest BCUT2D eigenvalue weighted by Crippen LogP contribution is -2.12. The van der Waals surface area contributed by atoms with Gasteiger partial charge in [0.2, 0.25) is 11.5 Å². The first-order valence-corrected chi connectivity index (χ1v) is 8.06. The summed E-state index contributed by atoms with van der Waals surface area (Å²) < 4.78 is 16.3. The highest BCUT2D eigenvalue weighted by Gasteiger charge is 2.24. The third-order valence-corrected chi connectivity index (χ3v) is 3.28. The summed E-state index contributed by atoms with van der Waals surface area (Å²) in [7, 11) is 0. The minimum absolute atomic E-state index is 0.239. The van der Waals surface area contributed by atoms with Gasteiger partial charge in [-0.2, -0.15) is 0 Å². The van der Waals surface area contributed by atoms with Gasteiger partial charge in [0, 0.05) is 19.3 Å². The molecule has 0 aliphatic heterocycles. The SMILES string of the molecule is CCCCC(=O)Oc1c(C)oc(CC)c1OC(=O)CCCC. The monoisotopic (exact) mass is 310 g/mol. The van der Waals surface area contributed by atoms with Crippen molar-refractivity contribution in [3.63, 3.8) is 0 Å². The van der Waals surface area contributed by atoms with E-state index in [-0.39, 0.29) is 23.4 Å². The maximum atomic E-state index is 11.9. The van der Waals surface area contributed by atoms with Gasteiger partial charge in [-0.1, -0.05) is 33.6 Å². The Hall–Kier alpha value is -1.78. The number of hydrogen-bond donors (Lipinski definition) is 0. The fourth-order valence-corrected chi connectivity index (χ4v) is 1.99. The smallest absolute Gasteiger partial charge is 0.311 e. The fourth-order valence-electron chi connectivity index (χ4n) is 1.99. The molecule has 0 aliphatic carbocycles. The van der Waals surface area contributed by atoms with E-state index < -0.39 is 0 Å². The van der Waals surface area contributed by atoms with E-state index in [9.17, 15) is 9.59 Å². The molecule has 0 spiro atoms. The van der Waals surface area contributed by atoms with Crippen molar-refractivity contribution in [2.24, 2.45) is 0 Å². The number of furan rings is 1. The Labute approximate surface area is 132 Å². The Balaban J connectivity index is 2.88. The zero-order valence-corrected chi connectivity index (χ0v) is 14.0. The number of carbonyl (C=O) groups is 2. The maximum Gasteiger partial charge on any atom is 0.311 e. The first-order chi connectivity index (χ1) is 10.5. The Bertz CT molecular complexity index is 501. The minimum atomic E-state index is -0.334. The lowest BCUT2D eigenvalue weighted by molar-refractivity contribution is -0.137. The van der Waals surface area contributed by atoms with Crippen LogP contribution in [-0.4, -0.2) is 11.9 Å². The number of esters is 2. The molecule has 0 saturated heterocycles. The van der Waals surface area contributed by atoms with Crippen molar-refractivity contribution in [2.45, 2.75) is 72.6 Å². The molecular weight excluding hydrogens is 284 g/mol. The van der Waals surface area contributed by atoms with Gasteiger partial charge in [-0.15, -0.1) is 0 Å². The summed E-state index contributed by atoms with van der Waals surface area (Å²) in [5.41, 5.74) is 0. The number of hydrogen-bond acceptors (Lipinski definition) is 5. The average molecular weight is 310 g/mol. The number of carbonyl (C=O) groups excluding carboxylic acids is 2. The van der Waals surface area contributed by atoms with Crippen molar-refractivity contribution in [3.8, 4) is 11.5 Å². The van der Waals surface area contributed by atoms with Crippen LogP contribution in [0.1, 0.15) is 70.8 Å². The summed E-state index contributed by atoms with van der Waals surface area (Å²) in [5, 5.41) is 0. The minimum Gasteiger partial charge on any atom is -0.458 e. The second-order valence-electron chi connectivity index (χ2n) is 5.25. The molecule has 0 saturated carbocycles. The van der Waals surface area contributed by atoms with Crippen LogP contribution >= 0.6 is 0 Å². The summed E-state index contributed by atoms with van der Waals surface area (Å²) in [4.78, 5) is 23.7. The van der Waals surface area contributed by atoms with Crippen molar-refractivity contribution < 1.29 is 23.5 Å². The van der Waals surface area contributed by atoms with Crippen LogP contribution in [0, 0.1) is 6.92 Å². The molecule has 0 amide bonds. The van der Waals surface area contributed by atoms with Crippen LogP contribution in [0.25, 0.3) is 0 Å². The Morgan fingerprint density at radius 3 is 1.86 bits per heavy atom. The number of unbranched alkanes of at least 4 members (excludes halogenated alkanes) is 2. The molecule has 5 nitrogen and oxygen atoms in total. The molecule has 22 heavy (non-hydrogen) atoms. The highest BCUT2D eigenvalue weighted by molar-refractivity contribution is 5.77. The Morgan fingerprint density at radius 1 is 0.909 bits per heavy atom. The van der Waals surface area contributed by atoms with Crippen molar-refractivity contribution in [2.75, 3.05) is 0 Å². The molecule has 0 bridgehead atoms. The van der Waals surface area contributed by atoms with Crippen LogP contribution in [0.2, 0.25) is 0 Å². The number of aryl methyl sites for hydroxylation is 2. The fraction of sp³-hybridized carbons (Fsp3) is 0.647. The van der Waals surface area contributed by atoms with Gasteiger partial charge in [-0.3, -0.25) is 9.59 Å². The zero-order chi connectivity index (χ0) is 16.5. The third kappa shape index (κ3) is 5.20. The maximum absolute atomic E-state index is 11.9. The van der Waals surface area contributed by atoms with Crippen LogP contribution in [0.5, 0.6) is 11.5 Å². The van der Waals surface area contributed by atoms with Gasteiger partial charge in [0.15, 0.2) is 5.76 Å². The summed E-state index contributed by atoms with van der Waals surface area (Å²) in [5.74, 6) is 0.817. The Morgan fingerprint density at radius 2 is 1.41 bits per heavy atom. The molecule has 1 aromatic rings. The van der Waals surface area contributed by atoms with E-state index in [1.54, 1.807) is 6.92 Å². The zero-order valence-electron chi connectivity index (χ0n) is 14.0. The average Bonchev–Trinajstić information content (AvgIpc) is 2.79. The molecule has 1 heterocycles. The van der Waals surface area contributed by atoms with Gasteiger partial charge in [0.25, 0.3) is 0 Å². The van der Waals surface area contributed by atoms with E-state index in [1.165, 1.54) is 0 Å². The second-order valence-corrected chi connectivity index (χ2v) is 5.25. The van der Waals surface area contributed by atoms with Crippen LogP contribution in [-0.2, 0) is 16.0 Å². The number of rotatable bonds is 9. The predicted octanol–water partition coefficient (Wildman–Crippen LogP) is 4.34. The normalized spacial score (nSPS) is 10.5. The topological polar surface area (TPSA) is 65.7 Å². The van der Waals surface area contributed by atoms with Crippen LogP contribution < -0.4 is 9.47 Å². The first kappa shape index (κ1) is 18.3. The van der Waals surface area contributed by atoms with Gasteiger partial charge < -0.3 is 13.9 Å². The third-order valence-electron chi connectivity index (χ3n) is 3.28. The summed E-state index contributed by atoms with van der Waals surface area (Å²) in [6.45, 7) is 7.61. The molecule has 0 fully saturated rings. The summed E-state index contributed by atoms with van der Waals surface area (Å²) >= 11 is 0. The summed E-state index contributed by atoms with van der Waals surface area (Å²) in [6.07, 6.45) is 4.60. The molecule has 0 atom stereocenters. The van der Waals surface area contributed by atoms with E-state index in [4.69, 9.17) is 13.9 Å². The summed E-state index contributed by atoms with van der Waals surface area (Å²) in [6, 6.07) is 0. The van der Waals surface area contributed by atoms with Crippen molar-refractivity contribution in [1.82, 2.24) is 0 Å². The van der Waals surface area contributed by atoms with Gasteiger partial charge in [-0.25, -0.2) is 0 Å².